The van der Waals surface area contributed by atoms with E-state index in [9.17, 15) is 9.90 Å². The van der Waals surface area contributed by atoms with Crippen LogP contribution in [0.25, 0.3) is 0 Å². The van der Waals surface area contributed by atoms with E-state index in [1.54, 1.807) is 4.90 Å². The molecule has 1 aliphatic rings. The number of carboxylic acid groups (broad SMARTS) is 1. The van der Waals surface area contributed by atoms with Gasteiger partial charge in [-0.15, -0.1) is 12.4 Å². The molecule has 1 aromatic rings. The Balaban J connectivity index is 0.00000200. The van der Waals surface area contributed by atoms with Crippen LogP contribution in [-0.2, 0) is 4.79 Å². The number of hydrogen-bond acceptors (Lipinski definition) is 4. The van der Waals surface area contributed by atoms with Gasteiger partial charge >= 0.3 is 5.97 Å². The molecule has 2 atom stereocenters. The van der Waals surface area contributed by atoms with Crippen LogP contribution < -0.4 is 4.74 Å². The molecule has 0 aromatic heterocycles. The zero-order chi connectivity index (χ0) is 13.7. The van der Waals surface area contributed by atoms with Crippen LogP contribution in [0, 0.1) is 0 Å². The second kappa shape index (κ2) is 8.09. The van der Waals surface area contributed by atoms with Crippen molar-refractivity contribution in [3.63, 3.8) is 0 Å². The standard InChI is InChI=1S/C14H19NO4.ClH/c16-11-6-7-13(14(17)18)15(10-11)8-9-19-12-4-2-1-3-5-12;/h1-5,11,13,16H,6-10H2,(H,17,18);1H. The number of aliphatic hydroxyl groups is 1. The van der Waals surface area contributed by atoms with Crippen molar-refractivity contribution in [2.45, 2.75) is 25.0 Å². The summed E-state index contributed by atoms with van der Waals surface area (Å²) in [6.07, 6.45) is 0.599. The Bertz CT molecular complexity index is 415. The zero-order valence-corrected chi connectivity index (χ0v) is 12.0. The summed E-state index contributed by atoms with van der Waals surface area (Å²) < 4.78 is 5.56. The Hall–Kier alpha value is -1.30. The molecule has 1 aliphatic heterocycles. The quantitative estimate of drug-likeness (QED) is 0.860. The zero-order valence-electron chi connectivity index (χ0n) is 11.1. The number of benzene rings is 1. The van der Waals surface area contributed by atoms with Gasteiger partial charge in [0, 0.05) is 13.1 Å². The molecule has 6 heteroatoms. The van der Waals surface area contributed by atoms with Crippen molar-refractivity contribution in [3.8, 4) is 5.75 Å². The number of carbonyl (C=O) groups is 1. The molecule has 1 aromatic carbocycles. The maximum Gasteiger partial charge on any atom is 0.320 e. The smallest absolute Gasteiger partial charge is 0.320 e. The number of piperidine rings is 1. The average molecular weight is 302 g/mol. The maximum atomic E-state index is 11.1. The lowest BCUT2D eigenvalue weighted by atomic mass is 10.0. The predicted octanol–water partition coefficient (Wildman–Crippen LogP) is 1.40. The summed E-state index contributed by atoms with van der Waals surface area (Å²) in [7, 11) is 0. The molecule has 20 heavy (non-hydrogen) atoms. The Morgan fingerprint density at radius 1 is 1.30 bits per heavy atom. The van der Waals surface area contributed by atoms with E-state index in [0.717, 1.165) is 5.75 Å². The Morgan fingerprint density at radius 2 is 2.00 bits per heavy atom. The molecule has 2 unspecified atom stereocenters. The summed E-state index contributed by atoms with van der Waals surface area (Å²) in [5.41, 5.74) is 0. The molecule has 0 saturated carbocycles. The summed E-state index contributed by atoms with van der Waals surface area (Å²) in [6.45, 7) is 1.32. The van der Waals surface area contributed by atoms with Crippen LogP contribution in [0.15, 0.2) is 30.3 Å². The van der Waals surface area contributed by atoms with Crippen LogP contribution in [0.4, 0.5) is 0 Å². The average Bonchev–Trinajstić information content (AvgIpc) is 2.39. The largest absolute Gasteiger partial charge is 0.492 e. The van der Waals surface area contributed by atoms with E-state index in [4.69, 9.17) is 9.84 Å². The molecule has 112 valence electrons. The molecule has 2 rings (SSSR count). The van der Waals surface area contributed by atoms with Gasteiger partial charge in [0.05, 0.1) is 6.10 Å². The molecule has 0 amide bonds. The SMILES string of the molecule is Cl.O=C(O)C1CCC(O)CN1CCOc1ccccc1. The van der Waals surface area contributed by atoms with E-state index in [0.29, 0.717) is 32.5 Å². The highest BCUT2D eigenvalue weighted by Crippen LogP contribution is 2.17. The normalized spacial score (nSPS) is 22.9. The minimum Gasteiger partial charge on any atom is -0.492 e. The number of likely N-dealkylation sites (tertiary alicyclic amines) is 1. The summed E-state index contributed by atoms with van der Waals surface area (Å²) in [5, 5.41) is 18.8. The molecule has 0 spiro atoms. The van der Waals surface area contributed by atoms with E-state index in [1.165, 1.54) is 0 Å². The third-order valence-corrected chi connectivity index (χ3v) is 3.33. The maximum absolute atomic E-state index is 11.1. The number of ether oxygens (including phenoxy) is 1. The molecule has 0 bridgehead atoms. The van der Waals surface area contributed by atoms with Gasteiger partial charge in [-0.05, 0) is 25.0 Å². The van der Waals surface area contributed by atoms with Gasteiger partial charge in [0.25, 0.3) is 0 Å². The van der Waals surface area contributed by atoms with Crippen molar-refractivity contribution >= 4 is 18.4 Å². The highest BCUT2D eigenvalue weighted by molar-refractivity contribution is 5.85. The van der Waals surface area contributed by atoms with E-state index in [-0.39, 0.29) is 12.4 Å². The number of rotatable bonds is 5. The monoisotopic (exact) mass is 301 g/mol. The van der Waals surface area contributed by atoms with Crippen LogP contribution >= 0.6 is 12.4 Å². The minimum atomic E-state index is -0.827. The van der Waals surface area contributed by atoms with Gasteiger partial charge in [0.15, 0.2) is 0 Å². The first kappa shape index (κ1) is 16.8. The highest BCUT2D eigenvalue weighted by Gasteiger charge is 2.31. The summed E-state index contributed by atoms with van der Waals surface area (Å²) in [5.74, 6) is -0.0569. The number of para-hydroxylation sites is 1. The molecule has 0 aliphatic carbocycles. The molecule has 1 heterocycles. The van der Waals surface area contributed by atoms with Crippen molar-refractivity contribution in [3.05, 3.63) is 30.3 Å². The van der Waals surface area contributed by atoms with Crippen LogP contribution in [0.1, 0.15) is 12.8 Å². The number of aliphatic hydroxyl groups excluding tert-OH is 1. The minimum absolute atomic E-state index is 0. The van der Waals surface area contributed by atoms with Gasteiger partial charge in [-0.25, -0.2) is 0 Å². The fourth-order valence-corrected chi connectivity index (χ4v) is 2.35. The fraction of sp³-hybridized carbons (Fsp3) is 0.500. The lowest BCUT2D eigenvalue weighted by Crippen LogP contribution is -2.50. The van der Waals surface area contributed by atoms with Crippen molar-refractivity contribution < 1.29 is 19.7 Å². The van der Waals surface area contributed by atoms with E-state index < -0.39 is 18.1 Å². The molecule has 2 N–H and O–H groups in total. The van der Waals surface area contributed by atoms with Crippen molar-refractivity contribution in [2.24, 2.45) is 0 Å². The lowest BCUT2D eigenvalue weighted by molar-refractivity contribution is -0.146. The third-order valence-electron chi connectivity index (χ3n) is 3.33. The molecule has 5 nitrogen and oxygen atoms in total. The van der Waals surface area contributed by atoms with Gasteiger partial charge in [0.2, 0.25) is 0 Å². The van der Waals surface area contributed by atoms with E-state index in [2.05, 4.69) is 0 Å². The molecule has 1 saturated heterocycles. The number of carboxylic acids is 1. The highest BCUT2D eigenvalue weighted by atomic mass is 35.5. The van der Waals surface area contributed by atoms with Gasteiger partial charge in [-0.1, -0.05) is 18.2 Å². The van der Waals surface area contributed by atoms with Crippen LogP contribution in [0.5, 0.6) is 5.75 Å². The first-order chi connectivity index (χ1) is 9.16. The second-order valence-corrected chi connectivity index (χ2v) is 4.74. The Kier molecular flexibility index (Phi) is 6.78. The summed E-state index contributed by atoms with van der Waals surface area (Å²) in [6, 6.07) is 8.90. The number of β-amino-alcohol motifs (C(OH)–C–C–N with tert-alkyl or cyclic N) is 1. The van der Waals surface area contributed by atoms with Crippen LogP contribution in [0.3, 0.4) is 0 Å². The number of aliphatic carboxylic acids is 1. The summed E-state index contributed by atoms with van der Waals surface area (Å²) in [4.78, 5) is 12.9. The summed E-state index contributed by atoms with van der Waals surface area (Å²) >= 11 is 0. The van der Waals surface area contributed by atoms with E-state index >= 15 is 0 Å². The van der Waals surface area contributed by atoms with Crippen LogP contribution in [0.2, 0.25) is 0 Å². The van der Waals surface area contributed by atoms with Gasteiger partial charge < -0.3 is 14.9 Å². The van der Waals surface area contributed by atoms with Crippen molar-refractivity contribution in [2.75, 3.05) is 19.7 Å². The number of halogens is 1. The Morgan fingerprint density at radius 3 is 2.65 bits per heavy atom. The topological polar surface area (TPSA) is 70.0 Å². The molecular formula is C14H20ClNO4. The fourth-order valence-electron chi connectivity index (χ4n) is 2.35. The van der Waals surface area contributed by atoms with Gasteiger partial charge in [-0.2, -0.15) is 0 Å². The number of nitrogens with zero attached hydrogens (tertiary/aromatic N) is 1. The van der Waals surface area contributed by atoms with Gasteiger partial charge in [-0.3, -0.25) is 9.69 Å². The predicted molar refractivity (Wildman–Crippen MR) is 77.4 cm³/mol. The molecule has 0 radical (unpaired) electrons. The van der Waals surface area contributed by atoms with Crippen molar-refractivity contribution in [1.82, 2.24) is 4.90 Å². The number of hydrogen-bond donors (Lipinski definition) is 2. The van der Waals surface area contributed by atoms with Crippen LogP contribution in [-0.4, -0.2) is 52.9 Å². The van der Waals surface area contributed by atoms with E-state index in [1.807, 2.05) is 30.3 Å². The molecular weight excluding hydrogens is 282 g/mol. The second-order valence-electron chi connectivity index (χ2n) is 4.74. The first-order valence-electron chi connectivity index (χ1n) is 6.49. The van der Waals surface area contributed by atoms with Gasteiger partial charge in [0.1, 0.15) is 18.4 Å². The lowest BCUT2D eigenvalue weighted by Gasteiger charge is -2.35. The first-order valence-corrected chi connectivity index (χ1v) is 6.49. The Labute approximate surface area is 124 Å². The molecule has 1 fully saturated rings. The third kappa shape index (κ3) is 4.67. The van der Waals surface area contributed by atoms with Crippen molar-refractivity contribution in [1.29, 1.82) is 0 Å².